The van der Waals surface area contributed by atoms with Crippen molar-refractivity contribution in [1.29, 1.82) is 0 Å². The lowest BCUT2D eigenvalue weighted by molar-refractivity contribution is 0.742. The molecule has 156 valence electrons. The molecule has 0 radical (unpaired) electrons. The SMILES string of the molecule is c1ccc(C2(c3ccc4c(c3)sc3ccccc34)c3ccccc3Nc3ccccc32)cc1. The van der Waals surface area contributed by atoms with Crippen molar-refractivity contribution < 1.29 is 0 Å². The van der Waals surface area contributed by atoms with Crippen molar-refractivity contribution in [1.82, 2.24) is 0 Å². The number of anilines is 2. The Morgan fingerprint density at radius 3 is 1.85 bits per heavy atom. The number of rotatable bonds is 2. The molecule has 6 aromatic rings. The maximum atomic E-state index is 3.70. The number of para-hydroxylation sites is 2. The smallest absolute Gasteiger partial charge is 0.0742 e. The summed E-state index contributed by atoms with van der Waals surface area (Å²) in [4.78, 5) is 0. The molecule has 1 aliphatic rings. The molecule has 0 saturated heterocycles. The normalized spacial score (nSPS) is 13.9. The molecule has 1 aliphatic heterocycles. The molecule has 7 rings (SSSR count). The van der Waals surface area contributed by atoms with Crippen LogP contribution in [-0.4, -0.2) is 0 Å². The predicted molar refractivity (Wildman–Crippen MR) is 141 cm³/mol. The minimum atomic E-state index is -0.399. The first-order valence-corrected chi connectivity index (χ1v) is 12.1. The van der Waals surface area contributed by atoms with Crippen LogP contribution in [0.5, 0.6) is 0 Å². The molecule has 5 aromatic carbocycles. The molecule has 0 saturated carbocycles. The number of thiophene rings is 1. The number of hydrogen-bond donors (Lipinski definition) is 1. The zero-order valence-corrected chi connectivity index (χ0v) is 18.8. The summed E-state index contributed by atoms with van der Waals surface area (Å²) in [6.45, 7) is 0. The zero-order valence-electron chi connectivity index (χ0n) is 18.0. The van der Waals surface area contributed by atoms with Crippen molar-refractivity contribution in [2.24, 2.45) is 0 Å². The van der Waals surface area contributed by atoms with E-state index in [1.165, 1.54) is 42.4 Å². The highest BCUT2D eigenvalue weighted by Gasteiger charge is 2.43. The van der Waals surface area contributed by atoms with Gasteiger partial charge in [-0.2, -0.15) is 0 Å². The van der Waals surface area contributed by atoms with Crippen LogP contribution in [0, 0.1) is 0 Å². The van der Waals surface area contributed by atoms with Gasteiger partial charge in [0.15, 0.2) is 0 Å². The fraction of sp³-hybridized carbons (Fsp3) is 0.0323. The fourth-order valence-corrected chi connectivity index (χ4v) is 6.71. The standard InChI is InChI=1S/C31H21NS/c1-2-10-21(11-3-1)31(22-18-19-24-23-12-4-9-17-29(23)33-30(24)20-22)25-13-5-7-15-27(25)32-28-16-8-6-14-26(28)31/h1-20,32H. The quantitative estimate of drug-likeness (QED) is 0.285. The number of nitrogens with one attached hydrogen (secondary N) is 1. The molecule has 0 amide bonds. The van der Waals surface area contributed by atoms with Crippen molar-refractivity contribution in [3.8, 4) is 0 Å². The molecule has 0 fully saturated rings. The molecule has 0 atom stereocenters. The molecule has 1 N–H and O–H groups in total. The van der Waals surface area contributed by atoms with E-state index in [0.29, 0.717) is 0 Å². The van der Waals surface area contributed by atoms with E-state index in [2.05, 4.69) is 127 Å². The van der Waals surface area contributed by atoms with Gasteiger partial charge in [0.25, 0.3) is 0 Å². The summed E-state index contributed by atoms with van der Waals surface area (Å²) in [7, 11) is 0. The Bertz CT molecular complexity index is 1600. The van der Waals surface area contributed by atoms with Crippen molar-refractivity contribution in [3.63, 3.8) is 0 Å². The van der Waals surface area contributed by atoms with Gasteiger partial charge in [-0.3, -0.25) is 0 Å². The molecule has 2 heterocycles. The van der Waals surface area contributed by atoms with Crippen molar-refractivity contribution in [2.75, 3.05) is 5.32 Å². The minimum Gasteiger partial charge on any atom is -0.355 e. The summed E-state index contributed by atoms with van der Waals surface area (Å²) in [5.41, 5.74) is 7.09. The van der Waals surface area contributed by atoms with E-state index in [1.807, 2.05) is 11.3 Å². The van der Waals surface area contributed by atoms with Crippen LogP contribution in [0.2, 0.25) is 0 Å². The summed E-state index contributed by atoms with van der Waals surface area (Å²) in [6, 6.07) is 44.2. The lowest BCUT2D eigenvalue weighted by atomic mass is 9.63. The molecule has 0 unspecified atom stereocenters. The van der Waals surface area contributed by atoms with E-state index in [-0.39, 0.29) is 0 Å². The van der Waals surface area contributed by atoms with E-state index in [9.17, 15) is 0 Å². The van der Waals surface area contributed by atoms with Crippen molar-refractivity contribution in [3.05, 3.63) is 144 Å². The van der Waals surface area contributed by atoms with Crippen LogP contribution >= 0.6 is 11.3 Å². The van der Waals surface area contributed by atoms with Crippen LogP contribution in [0.15, 0.2) is 121 Å². The Morgan fingerprint density at radius 1 is 0.485 bits per heavy atom. The van der Waals surface area contributed by atoms with Gasteiger partial charge in [0.2, 0.25) is 0 Å². The largest absolute Gasteiger partial charge is 0.355 e. The number of hydrogen-bond acceptors (Lipinski definition) is 2. The molecule has 2 heteroatoms. The molecule has 0 spiro atoms. The summed E-state index contributed by atoms with van der Waals surface area (Å²) in [6.07, 6.45) is 0. The number of fused-ring (bicyclic) bond motifs is 5. The maximum absolute atomic E-state index is 3.70. The van der Waals surface area contributed by atoms with Crippen LogP contribution in [0.3, 0.4) is 0 Å². The zero-order chi connectivity index (χ0) is 21.8. The first kappa shape index (κ1) is 18.7. The second-order valence-corrected chi connectivity index (χ2v) is 9.73. The van der Waals surface area contributed by atoms with Crippen LogP contribution < -0.4 is 5.32 Å². The molecule has 1 aromatic heterocycles. The molecule has 1 nitrogen and oxygen atoms in total. The average molecular weight is 440 g/mol. The highest BCUT2D eigenvalue weighted by atomic mass is 32.1. The molecular weight excluding hydrogens is 418 g/mol. The van der Waals surface area contributed by atoms with Gasteiger partial charge in [-0.05, 0) is 46.5 Å². The van der Waals surface area contributed by atoms with Gasteiger partial charge in [0.05, 0.1) is 5.41 Å². The Hall–Kier alpha value is -3.88. The Kier molecular flexibility index (Phi) is 3.99. The third-order valence-corrected chi connectivity index (χ3v) is 8.08. The van der Waals surface area contributed by atoms with Crippen LogP contribution in [0.4, 0.5) is 11.4 Å². The Labute approximate surface area is 197 Å². The third kappa shape index (κ3) is 2.59. The van der Waals surface area contributed by atoms with Gasteiger partial charge in [-0.15, -0.1) is 11.3 Å². The van der Waals surface area contributed by atoms with Gasteiger partial charge in [0, 0.05) is 31.5 Å². The van der Waals surface area contributed by atoms with Gasteiger partial charge < -0.3 is 5.32 Å². The van der Waals surface area contributed by atoms with Crippen molar-refractivity contribution in [2.45, 2.75) is 5.41 Å². The molecular formula is C31H21NS. The second kappa shape index (κ2) is 7.06. The predicted octanol–water partition coefficient (Wildman–Crippen LogP) is 8.49. The lowest BCUT2D eigenvalue weighted by Crippen LogP contribution is -2.35. The first-order chi connectivity index (χ1) is 16.4. The highest BCUT2D eigenvalue weighted by molar-refractivity contribution is 7.25. The van der Waals surface area contributed by atoms with E-state index in [1.54, 1.807) is 0 Å². The van der Waals surface area contributed by atoms with E-state index >= 15 is 0 Å². The fourth-order valence-electron chi connectivity index (χ4n) is 5.56. The Balaban J connectivity index is 1.63. The van der Waals surface area contributed by atoms with Crippen LogP contribution in [-0.2, 0) is 5.41 Å². The van der Waals surface area contributed by atoms with Crippen molar-refractivity contribution >= 4 is 42.9 Å². The van der Waals surface area contributed by atoms with E-state index < -0.39 is 5.41 Å². The third-order valence-electron chi connectivity index (χ3n) is 6.95. The topological polar surface area (TPSA) is 12.0 Å². The monoisotopic (exact) mass is 439 g/mol. The maximum Gasteiger partial charge on any atom is 0.0742 e. The van der Waals surface area contributed by atoms with Gasteiger partial charge in [-0.1, -0.05) is 97.1 Å². The molecule has 0 bridgehead atoms. The van der Waals surface area contributed by atoms with Gasteiger partial charge in [0.1, 0.15) is 0 Å². The summed E-state index contributed by atoms with van der Waals surface area (Å²) >= 11 is 1.88. The molecule has 33 heavy (non-hydrogen) atoms. The highest BCUT2D eigenvalue weighted by Crippen LogP contribution is 2.54. The van der Waals surface area contributed by atoms with E-state index in [0.717, 1.165) is 11.4 Å². The number of benzene rings is 5. The summed E-state index contributed by atoms with van der Waals surface area (Å²) < 4.78 is 2.67. The summed E-state index contributed by atoms with van der Waals surface area (Å²) in [5.74, 6) is 0. The lowest BCUT2D eigenvalue weighted by Gasteiger charge is -2.42. The van der Waals surface area contributed by atoms with Crippen LogP contribution in [0.1, 0.15) is 22.3 Å². The van der Waals surface area contributed by atoms with Gasteiger partial charge in [-0.25, -0.2) is 0 Å². The Morgan fingerprint density at radius 2 is 1.09 bits per heavy atom. The van der Waals surface area contributed by atoms with Gasteiger partial charge >= 0.3 is 0 Å². The second-order valence-electron chi connectivity index (χ2n) is 8.64. The van der Waals surface area contributed by atoms with E-state index in [4.69, 9.17) is 0 Å². The van der Waals surface area contributed by atoms with Crippen LogP contribution in [0.25, 0.3) is 20.2 Å². The minimum absolute atomic E-state index is 0.399. The molecule has 0 aliphatic carbocycles. The average Bonchev–Trinajstić information content (AvgIpc) is 3.26. The first-order valence-electron chi connectivity index (χ1n) is 11.3. The summed E-state index contributed by atoms with van der Waals surface area (Å²) in [5, 5.41) is 6.36.